The first-order valence-electron chi connectivity index (χ1n) is 5.77. The first kappa shape index (κ1) is 10.0. The highest BCUT2D eigenvalue weighted by Crippen LogP contribution is 2.49. The van der Waals surface area contributed by atoms with Gasteiger partial charge < -0.3 is 4.90 Å². The van der Waals surface area contributed by atoms with Crippen molar-refractivity contribution in [3.05, 3.63) is 51.9 Å². The second-order valence-corrected chi connectivity index (χ2v) is 5.34. The van der Waals surface area contributed by atoms with E-state index < -0.39 is 0 Å². The Balaban J connectivity index is 2.15. The van der Waals surface area contributed by atoms with Crippen molar-refractivity contribution in [2.24, 2.45) is 0 Å². The summed E-state index contributed by atoms with van der Waals surface area (Å²) < 4.78 is 0. The number of fused-ring (bicyclic) bond motifs is 2. The van der Waals surface area contributed by atoms with E-state index in [4.69, 9.17) is 0 Å². The molecule has 0 spiro atoms. The van der Waals surface area contributed by atoms with Crippen molar-refractivity contribution in [1.82, 2.24) is 4.90 Å². The van der Waals surface area contributed by atoms with Crippen LogP contribution in [0.15, 0.2) is 40.8 Å². The Morgan fingerprint density at radius 2 is 2.12 bits per heavy atom. The van der Waals surface area contributed by atoms with Gasteiger partial charge >= 0.3 is 0 Å². The van der Waals surface area contributed by atoms with Gasteiger partial charge in [0.25, 0.3) is 0 Å². The molecule has 0 fully saturated rings. The van der Waals surface area contributed by atoms with Gasteiger partial charge in [-0.25, -0.2) is 0 Å². The Morgan fingerprint density at radius 1 is 1.31 bits per heavy atom. The van der Waals surface area contributed by atoms with Crippen LogP contribution in [0.3, 0.4) is 0 Å². The molecule has 0 saturated heterocycles. The molecule has 1 aliphatic heterocycles. The Labute approximate surface area is 101 Å². The summed E-state index contributed by atoms with van der Waals surface area (Å²) in [5.41, 5.74) is 4.31. The molecule has 0 unspecified atom stereocenters. The van der Waals surface area contributed by atoms with E-state index in [1.54, 1.807) is 0 Å². The maximum atomic E-state index is 4.15. The third-order valence-electron chi connectivity index (χ3n) is 3.29. The molecule has 1 nitrogen and oxygen atoms in total. The normalized spacial score (nSPS) is 18.8. The summed E-state index contributed by atoms with van der Waals surface area (Å²) in [5.74, 6) is 0. The summed E-state index contributed by atoms with van der Waals surface area (Å²) in [4.78, 5) is 3.85. The van der Waals surface area contributed by atoms with E-state index in [1.807, 2.05) is 11.8 Å². The smallest absolute Gasteiger partial charge is 0.0725 e. The van der Waals surface area contributed by atoms with Gasteiger partial charge in [0, 0.05) is 17.0 Å². The highest BCUT2D eigenvalue weighted by Gasteiger charge is 2.30. The standard InChI is InChI=1S/C14H15NS/c1-3-15-10(2)16-13-9-8-11-6-4-5-7-12(11)14(13)15/h4-7H,2-3,8-9H2,1H3. The molecule has 2 aliphatic rings. The Bertz CT molecular complexity index is 487. The van der Waals surface area contributed by atoms with E-state index in [-0.39, 0.29) is 0 Å². The van der Waals surface area contributed by atoms with Gasteiger partial charge in [-0.1, -0.05) is 42.6 Å². The van der Waals surface area contributed by atoms with Crippen LogP contribution in [0.2, 0.25) is 0 Å². The average molecular weight is 229 g/mol. The van der Waals surface area contributed by atoms with E-state index in [2.05, 4.69) is 42.7 Å². The molecular formula is C14H15NS. The molecule has 1 aromatic carbocycles. The minimum absolute atomic E-state index is 1.01. The molecule has 82 valence electrons. The molecular weight excluding hydrogens is 214 g/mol. The maximum Gasteiger partial charge on any atom is 0.0725 e. The maximum absolute atomic E-state index is 4.15. The second-order valence-electron chi connectivity index (χ2n) is 4.17. The lowest BCUT2D eigenvalue weighted by Crippen LogP contribution is -2.17. The van der Waals surface area contributed by atoms with Crippen LogP contribution in [0.1, 0.15) is 24.5 Å². The van der Waals surface area contributed by atoms with Gasteiger partial charge in [0.2, 0.25) is 0 Å². The monoisotopic (exact) mass is 229 g/mol. The predicted octanol–water partition coefficient (Wildman–Crippen LogP) is 3.84. The molecule has 0 saturated carbocycles. The van der Waals surface area contributed by atoms with Crippen LogP contribution in [0.5, 0.6) is 0 Å². The van der Waals surface area contributed by atoms with E-state index in [0.29, 0.717) is 0 Å². The van der Waals surface area contributed by atoms with Crippen molar-refractivity contribution >= 4 is 17.5 Å². The first-order chi connectivity index (χ1) is 7.81. The van der Waals surface area contributed by atoms with Crippen LogP contribution in [0.4, 0.5) is 0 Å². The molecule has 1 heterocycles. The molecule has 0 aromatic heterocycles. The zero-order chi connectivity index (χ0) is 11.1. The molecule has 1 aromatic rings. The van der Waals surface area contributed by atoms with Crippen molar-refractivity contribution < 1.29 is 0 Å². The fourth-order valence-electron chi connectivity index (χ4n) is 2.54. The molecule has 0 N–H and O–H groups in total. The summed E-state index contributed by atoms with van der Waals surface area (Å²) in [5, 5.41) is 1.18. The number of allylic oxidation sites excluding steroid dienone is 1. The zero-order valence-corrected chi connectivity index (χ0v) is 10.3. The van der Waals surface area contributed by atoms with Crippen LogP contribution in [0, 0.1) is 0 Å². The van der Waals surface area contributed by atoms with Crippen LogP contribution >= 0.6 is 11.8 Å². The van der Waals surface area contributed by atoms with E-state index >= 15 is 0 Å². The predicted molar refractivity (Wildman–Crippen MR) is 70.8 cm³/mol. The Morgan fingerprint density at radius 3 is 2.94 bits per heavy atom. The van der Waals surface area contributed by atoms with Gasteiger partial charge in [-0.3, -0.25) is 0 Å². The Kier molecular flexibility index (Phi) is 2.32. The van der Waals surface area contributed by atoms with E-state index in [0.717, 1.165) is 6.54 Å². The van der Waals surface area contributed by atoms with Crippen LogP contribution in [-0.2, 0) is 6.42 Å². The number of benzene rings is 1. The molecule has 0 radical (unpaired) electrons. The highest BCUT2D eigenvalue weighted by atomic mass is 32.2. The van der Waals surface area contributed by atoms with Crippen molar-refractivity contribution in [3.63, 3.8) is 0 Å². The van der Waals surface area contributed by atoms with Crippen molar-refractivity contribution in [2.75, 3.05) is 6.54 Å². The number of hydrogen-bond acceptors (Lipinski definition) is 2. The minimum Gasteiger partial charge on any atom is -0.336 e. The van der Waals surface area contributed by atoms with Crippen LogP contribution < -0.4 is 0 Å². The van der Waals surface area contributed by atoms with Crippen molar-refractivity contribution in [3.8, 4) is 0 Å². The van der Waals surface area contributed by atoms with E-state index in [1.165, 1.54) is 39.6 Å². The molecule has 3 rings (SSSR count). The second kappa shape index (κ2) is 3.70. The van der Waals surface area contributed by atoms with Gasteiger partial charge in [0.15, 0.2) is 0 Å². The summed E-state index contributed by atoms with van der Waals surface area (Å²) >= 11 is 1.86. The fraction of sp³-hybridized carbons (Fsp3) is 0.286. The quantitative estimate of drug-likeness (QED) is 0.719. The molecule has 2 heteroatoms. The highest BCUT2D eigenvalue weighted by molar-refractivity contribution is 8.07. The van der Waals surface area contributed by atoms with Crippen molar-refractivity contribution in [1.29, 1.82) is 0 Å². The lowest BCUT2D eigenvalue weighted by molar-refractivity contribution is 0.553. The topological polar surface area (TPSA) is 3.24 Å². The fourth-order valence-corrected chi connectivity index (χ4v) is 3.67. The Hall–Kier alpha value is -1.15. The zero-order valence-electron chi connectivity index (χ0n) is 9.49. The number of nitrogens with zero attached hydrogens (tertiary/aromatic N) is 1. The third-order valence-corrected chi connectivity index (χ3v) is 4.39. The van der Waals surface area contributed by atoms with Crippen LogP contribution in [-0.4, -0.2) is 11.4 Å². The number of aryl methyl sites for hydroxylation is 1. The molecule has 16 heavy (non-hydrogen) atoms. The number of hydrogen-bond donors (Lipinski definition) is 0. The summed E-state index contributed by atoms with van der Waals surface area (Å²) in [7, 11) is 0. The SMILES string of the molecule is C=C1SC2=C(c3ccccc3CC2)N1CC. The third kappa shape index (κ3) is 1.33. The summed E-state index contributed by atoms with van der Waals surface area (Å²) in [6.07, 6.45) is 2.35. The lowest BCUT2D eigenvalue weighted by Gasteiger charge is -2.25. The largest absolute Gasteiger partial charge is 0.336 e. The molecule has 1 aliphatic carbocycles. The number of thioether (sulfide) groups is 1. The first-order valence-corrected chi connectivity index (χ1v) is 6.58. The summed E-state index contributed by atoms with van der Waals surface area (Å²) in [6.45, 7) is 7.36. The van der Waals surface area contributed by atoms with Gasteiger partial charge in [-0.2, -0.15) is 0 Å². The number of rotatable bonds is 1. The van der Waals surface area contributed by atoms with Crippen molar-refractivity contribution in [2.45, 2.75) is 19.8 Å². The van der Waals surface area contributed by atoms with Gasteiger partial charge in [0.05, 0.1) is 10.7 Å². The summed E-state index contributed by atoms with van der Waals surface area (Å²) in [6, 6.07) is 8.76. The van der Waals surface area contributed by atoms with Gasteiger partial charge in [0.1, 0.15) is 0 Å². The van der Waals surface area contributed by atoms with Gasteiger partial charge in [-0.05, 0) is 25.3 Å². The lowest BCUT2D eigenvalue weighted by atomic mass is 9.94. The molecule has 0 bridgehead atoms. The average Bonchev–Trinajstić information content (AvgIpc) is 2.65. The molecule has 0 amide bonds. The van der Waals surface area contributed by atoms with Gasteiger partial charge in [-0.15, -0.1) is 0 Å². The van der Waals surface area contributed by atoms with Crippen LogP contribution in [0.25, 0.3) is 5.70 Å². The van der Waals surface area contributed by atoms with E-state index in [9.17, 15) is 0 Å². The minimum atomic E-state index is 1.01. The molecule has 0 atom stereocenters.